The number of phenolic OH excluding ortho intramolecular Hbond substituents is 1. The van der Waals surface area contributed by atoms with Crippen LogP contribution in [-0.2, 0) is 7.05 Å². The van der Waals surface area contributed by atoms with Gasteiger partial charge in [0.1, 0.15) is 5.75 Å². The van der Waals surface area contributed by atoms with E-state index in [9.17, 15) is 23.1 Å². The van der Waals surface area contributed by atoms with Gasteiger partial charge in [0, 0.05) is 23.9 Å². The summed E-state index contributed by atoms with van der Waals surface area (Å²) < 4.78 is 41.9. The Kier molecular flexibility index (Phi) is 4.74. The number of rotatable bonds is 3. The quantitative estimate of drug-likeness (QED) is 0.888. The Labute approximate surface area is 141 Å². The van der Waals surface area contributed by atoms with Gasteiger partial charge in [-0.15, -0.1) is 0 Å². The van der Waals surface area contributed by atoms with Crippen LogP contribution in [0.5, 0.6) is 5.75 Å². The summed E-state index contributed by atoms with van der Waals surface area (Å²) in [4.78, 5) is 12.3. The second kappa shape index (κ2) is 6.47. The number of hydrogen-bond acceptors (Lipinski definition) is 4. The highest BCUT2D eigenvalue weighted by Crippen LogP contribution is 2.36. The number of aromatic hydroxyl groups is 1. The molecular formula is C16H15F3N4O2. The van der Waals surface area contributed by atoms with E-state index in [2.05, 4.69) is 5.10 Å². The fourth-order valence-corrected chi connectivity index (χ4v) is 2.55. The Morgan fingerprint density at radius 1 is 1.36 bits per heavy atom. The molecule has 0 saturated carbocycles. The lowest BCUT2D eigenvalue weighted by Crippen LogP contribution is -2.38. The zero-order valence-electron chi connectivity index (χ0n) is 13.6. The van der Waals surface area contributed by atoms with E-state index in [1.807, 2.05) is 5.32 Å². The van der Waals surface area contributed by atoms with Gasteiger partial charge in [0.05, 0.1) is 17.3 Å². The molecule has 2 aromatic rings. The minimum absolute atomic E-state index is 0.0394. The number of aryl methyl sites for hydroxylation is 2. The van der Waals surface area contributed by atoms with Crippen LogP contribution in [0.2, 0.25) is 0 Å². The molecule has 1 atom stereocenters. The summed E-state index contributed by atoms with van der Waals surface area (Å²) in [6.45, 7) is 2.90. The number of carbonyl (C=O) groups is 1. The Bertz CT molecular complexity index is 865. The number of halogens is 3. The molecular weight excluding hydrogens is 337 g/mol. The number of nitrogens with zero attached hydrogens (tertiary/aromatic N) is 3. The molecule has 1 unspecified atom stereocenters. The third-order valence-corrected chi connectivity index (χ3v) is 3.77. The second-order valence-electron chi connectivity index (χ2n) is 5.54. The molecule has 0 spiro atoms. The summed E-state index contributed by atoms with van der Waals surface area (Å²) in [7, 11) is 1.51. The Hall–Kier alpha value is -3.02. The number of amides is 1. The van der Waals surface area contributed by atoms with Gasteiger partial charge in [-0.2, -0.15) is 23.5 Å². The molecule has 0 aliphatic carbocycles. The number of phenols is 1. The van der Waals surface area contributed by atoms with E-state index < -0.39 is 18.1 Å². The number of nitriles is 1. The van der Waals surface area contributed by atoms with E-state index >= 15 is 0 Å². The van der Waals surface area contributed by atoms with E-state index in [4.69, 9.17) is 5.26 Å². The molecule has 9 heteroatoms. The molecule has 1 aromatic carbocycles. The summed E-state index contributed by atoms with van der Waals surface area (Å²) in [5, 5.41) is 24.2. The van der Waals surface area contributed by atoms with Crippen molar-refractivity contribution in [1.29, 1.82) is 5.26 Å². The topological polar surface area (TPSA) is 90.9 Å². The first-order valence-electron chi connectivity index (χ1n) is 7.16. The third-order valence-electron chi connectivity index (χ3n) is 3.77. The summed E-state index contributed by atoms with van der Waals surface area (Å²) in [5.41, 5.74) is 0.00134. The second-order valence-corrected chi connectivity index (χ2v) is 5.54. The standard InChI is InChI=1S/C16H15F3N4O2/c1-8-13(9(2)23(3)22-8)14(16(17,18)19)21-15(25)11-4-10(7-20)5-12(24)6-11/h4-6,14,24H,1-3H3,(H,21,25). The van der Waals surface area contributed by atoms with Crippen LogP contribution in [-0.4, -0.2) is 27.0 Å². The molecule has 1 amide bonds. The number of aromatic nitrogens is 2. The molecule has 1 aromatic heterocycles. The Morgan fingerprint density at radius 3 is 2.48 bits per heavy atom. The van der Waals surface area contributed by atoms with Crippen LogP contribution >= 0.6 is 0 Å². The van der Waals surface area contributed by atoms with Crippen molar-refractivity contribution in [2.75, 3.05) is 0 Å². The summed E-state index contributed by atoms with van der Waals surface area (Å²) in [6, 6.07) is 2.66. The SMILES string of the molecule is Cc1nn(C)c(C)c1C(NC(=O)c1cc(O)cc(C#N)c1)C(F)(F)F. The zero-order valence-corrected chi connectivity index (χ0v) is 13.6. The molecule has 25 heavy (non-hydrogen) atoms. The molecule has 0 radical (unpaired) electrons. The van der Waals surface area contributed by atoms with Crippen molar-refractivity contribution in [3.8, 4) is 11.8 Å². The predicted octanol–water partition coefficient (Wildman–Crippen LogP) is 2.65. The minimum atomic E-state index is -4.75. The van der Waals surface area contributed by atoms with Crippen molar-refractivity contribution >= 4 is 5.91 Å². The van der Waals surface area contributed by atoms with Gasteiger partial charge in [0.25, 0.3) is 5.91 Å². The Morgan fingerprint density at radius 2 is 2.00 bits per heavy atom. The number of nitrogens with one attached hydrogen (secondary N) is 1. The fraction of sp³-hybridized carbons (Fsp3) is 0.312. The van der Waals surface area contributed by atoms with Crippen LogP contribution in [0.4, 0.5) is 13.2 Å². The van der Waals surface area contributed by atoms with Gasteiger partial charge in [-0.3, -0.25) is 9.48 Å². The predicted molar refractivity (Wildman–Crippen MR) is 81.8 cm³/mol. The monoisotopic (exact) mass is 352 g/mol. The van der Waals surface area contributed by atoms with E-state index in [1.54, 1.807) is 6.07 Å². The van der Waals surface area contributed by atoms with Crippen LogP contribution in [0.3, 0.4) is 0 Å². The maximum atomic E-state index is 13.5. The van der Waals surface area contributed by atoms with Crippen molar-refractivity contribution < 1.29 is 23.1 Å². The highest BCUT2D eigenvalue weighted by molar-refractivity contribution is 5.95. The van der Waals surface area contributed by atoms with Gasteiger partial charge in [0.2, 0.25) is 0 Å². The zero-order chi connectivity index (χ0) is 18.9. The molecule has 2 N–H and O–H groups in total. The van der Waals surface area contributed by atoms with Gasteiger partial charge < -0.3 is 10.4 Å². The summed E-state index contributed by atoms with van der Waals surface area (Å²) in [5.74, 6) is -1.45. The maximum Gasteiger partial charge on any atom is 0.413 e. The van der Waals surface area contributed by atoms with Crippen LogP contribution in [0.1, 0.15) is 38.9 Å². The summed E-state index contributed by atoms with van der Waals surface area (Å²) in [6.07, 6.45) is -4.75. The van der Waals surface area contributed by atoms with Gasteiger partial charge >= 0.3 is 6.18 Å². The molecule has 1 heterocycles. The van der Waals surface area contributed by atoms with Crippen molar-refractivity contribution in [3.05, 3.63) is 46.3 Å². The lowest BCUT2D eigenvalue weighted by Gasteiger charge is -2.22. The van der Waals surface area contributed by atoms with Crippen molar-refractivity contribution in [2.45, 2.75) is 26.1 Å². The molecule has 0 aliphatic heterocycles. The van der Waals surface area contributed by atoms with E-state index in [0.29, 0.717) is 0 Å². The number of alkyl halides is 3. The van der Waals surface area contributed by atoms with Crippen LogP contribution in [0.25, 0.3) is 0 Å². The van der Waals surface area contributed by atoms with Gasteiger partial charge in [-0.25, -0.2) is 0 Å². The highest BCUT2D eigenvalue weighted by atomic mass is 19.4. The average Bonchev–Trinajstić information content (AvgIpc) is 2.76. The lowest BCUT2D eigenvalue weighted by atomic mass is 10.0. The normalized spacial score (nSPS) is 12.5. The molecule has 132 valence electrons. The van der Waals surface area contributed by atoms with Crippen molar-refractivity contribution in [1.82, 2.24) is 15.1 Å². The molecule has 0 bridgehead atoms. The van der Waals surface area contributed by atoms with Crippen LogP contribution < -0.4 is 5.32 Å². The van der Waals surface area contributed by atoms with E-state index in [0.717, 1.165) is 18.2 Å². The molecule has 2 rings (SSSR count). The molecule has 0 fully saturated rings. The minimum Gasteiger partial charge on any atom is -0.508 e. The smallest absolute Gasteiger partial charge is 0.413 e. The molecule has 0 aliphatic rings. The van der Waals surface area contributed by atoms with Crippen molar-refractivity contribution in [2.24, 2.45) is 7.05 Å². The van der Waals surface area contributed by atoms with Crippen LogP contribution in [0.15, 0.2) is 18.2 Å². The maximum absolute atomic E-state index is 13.5. The molecule has 6 nitrogen and oxygen atoms in total. The molecule has 0 saturated heterocycles. The largest absolute Gasteiger partial charge is 0.508 e. The first-order valence-corrected chi connectivity index (χ1v) is 7.16. The number of benzene rings is 1. The van der Waals surface area contributed by atoms with E-state index in [1.165, 1.54) is 25.6 Å². The first-order chi connectivity index (χ1) is 11.5. The highest BCUT2D eigenvalue weighted by Gasteiger charge is 2.44. The summed E-state index contributed by atoms with van der Waals surface area (Å²) >= 11 is 0. The third kappa shape index (κ3) is 3.74. The lowest BCUT2D eigenvalue weighted by molar-refractivity contribution is -0.155. The number of hydrogen-bond donors (Lipinski definition) is 2. The Balaban J connectivity index is 2.44. The first kappa shape index (κ1) is 18.3. The number of carbonyl (C=O) groups excluding carboxylic acids is 1. The van der Waals surface area contributed by atoms with Gasteiger partial charge in [-0.05, 0) is 32.0 Å². The van der Waals surface area contributed by atoms with Crippen molar-refractivity contribution in [3.63, 3.8) is 0 Å². The van der Waals surface area contributed by atoms with E-state index in [-0.39, 0.29) is 33.8 Å². The average molecular weight is 352 g/mol. The van der Waals surface area contributed by atoms with Crippen LogP contribution in [0, 0.1) is 25.2 Å². The van der Waals surface area contributed by atoms with Gasteiger partial charge in [-0.1, -0.05) is 0 Å². The fourth-order valence-electron chi connectivity index (χ4n) is 2.55. The van der Waals surface area contributed by atoms with Gasteiger partial charge in [0.15, 0.2) is 6.04 Å².